The van der Waals surface area contributed by atoms with Crippen LogP contribution in [0, 0.1) is 0 Å². The number of carbonyl (C=O) groups is 1. The molecule has 0 unspecified atom stereocenters. The van der Waals surface area contributed by atoms with E-state index in [1.165, 1.54) is 17.8 Å². The van der Waals surface area contributed by atoms with Gasteiger partial charge < -0.3 is 10.0 Å². The van der Waals surface area contributed by atoms with Crippen LogP contribution in [0.2, 0.25) is 0 Å². The van der Waals surface area contributed by atoms with Crippen LogP contribution in [0.5, 0.6) is 0 Å². The first-order chi connectivity index (χ1) is 14.0. The van der Waals surface area contributed by atoms with E-state index in [4.69, 9.17) is 10.2 Å². The molecule has 0 aliphatic heterocycles. The molecule has 4 rings (SSSR count). The molecule has 0 atom stereocenters. The Morgan fingerprint density at radius 3 is 2.55 bits per heavy atom. The summed E-state index contributed by atoms with van der Waals surface area (Å²) in [6, 6.07) is 18.7. The van der Waals surface area contributed by atoms with E-state index in [0.717, 1.165) is 27.2 Å². The largest absolute Gasteiger partial charge is 0.465 e. The first-order valence-corrected chi connectivity index (χ1v) is 9.10. The Morgan fingerprint density at radius 1 is 1.03 bits per heavy atom. The number of pyridine rings is 1. The average Bonchev–Trinajstić information content (AvgIpc) is 3.13. The first kappa shape index (κ1) is 18.4. The van der Waals surface area contributed by atoms with Crippen molar-refractivity contribution in [3.05, 3.63) is 77.2 Å². The molecular formula is C21H19N5O3. The maximum atomic E-state index is 12.3. The van der Waals surface area contributed by atoms with Gasteiger partial charge in [-0.2, -0.15) is 10.2 Å². The van der Waals surface area contributed by atoms with Crippen molar-refractivity contribution in [3.8, 4) is 22.5 Å². The molecule has 0 fully saturated rings. The lowest BCUT2D eigenvalue weighted by Gasteiger charge is -2.13. The molecule has 0 radical (unpaired) electrons. The van der Waals surface area contributed by atoms with Gasteiger partial charge in [0.2, 0.25) is 0 Å². The van der Waals surface area contributed by atoms with E-state index in [1.54, 1.807) is 10.6 Å². The molecule has 0 saturated carbocycles. The van der Waals surface area contributed by atoms with Crippen molar-refractivity contribution in [1.29, 1.82) is 0 Å². The highest BCUT2D eigenvalue weighted by Crippen LogP contribution is 2.33. The second-order valence-electron chi connectivity index (χ2n) is 6.60. The molecule has 0 bridgehead atoms. The monoisotopic (exact) mass is 389 g/mol. The third-order valence-corrected chi connectivity index (χ3v) is 4.68. The maximum absolute atomic E-state index is 12.3. The molecule has 1 N–H and O–H groups in total. The molecule has 3 heterocycles. The molecule has 8 heteroatoms. The number of aromatic nitrogens is 4. The second-order valence-corrected chi connectivity index (χ2v) is 6.60. The summed E-state index contributed by atoms with van der Waals surface area (Å²) in [6.07, 6.45) is 0.812. The van der Waals surface area contributed by atoms with Gasteiger partial charge in [0, 0.05) is 31.4 Å². The Labute approximate surface area is 166 Å². The summed E-state index contributed by atoms with van der Waals surface area (Å²) in [6.45, 7) is 0.321. The quantitative estimate of drug-likeness (QED) is 0.567. The molecule has 0 aliphatic rings. The third kappa shape index (κ3) is 3.60. The lowest BCUT2D eigenvalue weighted by atomic mass is 10.0. The molecule has 0 spiro atoms. The molecule has 4 aromatic rings. The molecular weight excluding hydrogens is 370 g/mol. The van der Waals surface area contributed by atoms with Gasteiger partial charge in [-0.05, 0) is 18.2 Å². The minimum absolute atomic E-state index is 0.159. The highest BCUT2D eigenvalue weighted by atomic mass is 16.4. The normalized spacial score (nSPS) is 10.9. The number of amides is 1. The predicted octanol–water partition coefficient (Wildman–Crippen LogP) is 2.83. The third-order valence-electron chi connectivity index (χ3n) is 4.68. The molecule has 146 valence electrons. The fourth-order valence-electron chi connectivity index (χ4n) is 3.13. The van der Waals surface area contributed by atoms with Crippen LogP contribution in [0.15, 0.2) is 71.7 Å². The predicted molar refractivity (Wildman–Crippen MR) is 109 cm³/mol. The van der Waals surface area contributed by atoms with Crippen LogP contribution in [0.3, 0.4) is 0 Å². The average molecular weight is 389 g/mol. The number of likely N-dealkylation sites (N-methyl/N-ethyl adjacent to an activating group) is 1. The van der Waals surface area contributed by atoms with E-state index < -0.39 is 6.09 Å². The second kappa shape index (κ2) is 7.59. The molecule has 1 aromatic carbocycles. The summed E-state index contributed by atoms with van der Waals surface area (Å²) in [5.74, 6) is 0. The van der Waals surface area contributed by atoms with Crippen molar-refractivity contribution in [2.45, 2.75) is 6.54 Å². The molecule has 29 heavy (non-hydrogen) atoms. The Hall–Kier alpha value is -3.94. The van der Waals surface area contributed by atoms with E-state index in [9.17, 15) is 9.59 Å². The summed E-state index contributed by atoms with van der Waals surface area (Å²) in [4.78, 5) is 24.4. The highest BCUT2D eigenvalue weighted by Gasteiger charge is 2.18. The van der Waals surface area contributed by atoms with Crippen molar-refractivity contribution >= 4 is 11.6 Å². The summed E-state index contributed by atoms with van der Waals surface area (Å²) in [7, 11) is 1.45. The lowest BCUT2D eigenvalue weighted by molar-refractivity contribution is 0.154. The molecule has 1 amide bonds. The van der Waals surface area contributed by atoms with Crippen LogP contribution >= 0.6 is 0 Å². The summed E-state index contributed by atoms with van der Waals surface area (Å²) < 4.78 is 3.07. The van der Waals surface area contributed by atoms with Crippen LogP contribution in [-0.2, 0) is 6.54 Å². The van der Waals surface area contributed by atoms with Crippen molar-refractivity contribution in [3.63, 3.8) is 0 Å². The van der Waals surface area contributed by atoms with Crippen LogP contribution in [-0.4, -0.2) is 49.1 Å². The van der Waals surface area contributed by atoms with Crippen LogP contribution < -0.4 is 5.56 Å². The van der Waals surface area contributed by atoms with E-state index in [-0.39, 0.29) is 18.6 Å². The molecule has 8 nitrogen and oxygen atoms in total. The number of fused-ring (bicyclic) bond motifs is 1. The SMILES string of the molecule is CN(CCn1nc(-c2c(-c3ccccc3)nn3ccccc23)ccc1=O)C(=O)O. The summed E-state index contributed by atoms with van der Waals surface area (Å²) in [5, 5.41) is 18.2. The smallest absolute Gasteiger partial charge is 0.407 e. The summed E-state index contributed by atoms with van der Waals surface area (Å²) >= 11 is 0. The zero-order valence-corrected chi connectivity index (χ0v) is 15.8. The number of benzene rings is 1. The van der Waals surface area contributed by atoms with E-state index in [0.29, 0.717) is 5.69 Å². The first-order valence-electron chi connectivity index (χ1n) is 9.10. The number of nitrogens with zero attached hydrogens (tertiary/aromatic N) is 5. The Morgan fingerprint density at radius 2 is 1.79 bits per heavy atom. The van der Waals surface area contributed by atoms with Crippen LogP contribution in [0.4, 0.5) is 4.79 Å². The minimum atomic E-state index is -1.05. The van der Waals surface area contributed by atoms with Crippen molar-refractivity contribution in [2.24, 2.45) is 0 Å². The Bertz CT molecular complexity index is 1230. The fourth-order valence-corrected chi connectivity index (χ4v) is 3.13. The molecule has 3 aromatic heterocycles. The van der Waals surface area contributed by atoms with E-state index in [1.807, 2.05) is 54.7 Å². The number of hydrogen-bond acceptors (Lipinski definition) is 4. The Balaban J connectivity index is 1.83. The standard InChI is InChI=1S/C21H19N5O3/c1-24(21(28)29)13-14-26-18(27)11-10-16(22-26)19-17-9-5-6-12-25(17)23-20(19)15-7-3-2-4-8-15/h2-12H,13-14H2,1H3,(H,28,29). The number of hydrogen-bond donors (Lipinski definition) is 1. The van der Waals surface area contributed by atoms with E-state index in [2.05, 4.69) is 5.10 Å². The van der Waals surface area contributed by atoms with Gasteiger partial charge in [0.15, 0.2) is 0 Å². The summed E-state index contributed by atoms with van der Waals surface area (Å²) in [5.41, 5.74) is 3.70. The van der Waals surface area contributed by atoms with Gasteiger partial charge in [-0.25, -0.2) is 14.0 Å². The van der Waals surface area contributed by atoms with E-state index >= 15 is 0 Å². The van der Waals surface area contributed by atoms with Gasteiger partial charge in [-0.1, -0.05) is 36.4 Å². The number of rotatable bonds is 5. The van der Waals surface area contributed by atoms with Gasteiger partial charge in [-0.3, -0.25) is 4.79 Å². The van der Waals surface area contributed by atoms with Crippen LogP contribution in [0.25, 0.3) is 28.0 Å². The zero-order valence-electron chi connectivity index (χ0n) is 15.8. The fraction of sp³-hybridized carbons (Fsp3) is 0.143. The molecule has 0 aliphatic carbocycles. The van der Waals surface area contributed by atoms with Crippen LogP contribution in [0.1, 0.15) is 0 Å². The van der Waals surface area contributed by atoms with Gasteiger partial charge in [0.1, 0.15) is 5.69 Å². The van der Waals surface area contributed by atoms with Crippen molar-refractivity contribution in [2.75, 3.05) is 13.6 Å². The topological polar surface area (TPSA) is 92.7 Å². The van der Waals surface area contributed by atoms with Crippen molar-refractivity contribution in [1.82, 2.24) is 24.3 Å². The zero-order chi connectivity index (χ0) is 20.4. The molecule has 0 saturated heterocycles. The maximum Gasteiger partial charge on any atom is 0.407 e. The van der Waals surface area contributed by atoms with Gasteiger partial charge in [0.05, 0.1) is 23.3 Å². The Kier molecular flexibility index (Phi) is 4.82. The lowest BCUT2D eigenvalue weighted by Crippen LogP contribution is -2.32. The van der Waals surface area contributed by atoms with Gasteiger partial charge in [-0.15, -0.1) is 0 Å². The minimum Gasteiger partial charge on any atom is -0.465 e. The highest BCUT2D eigenvalue weighted by molar-refractivity contribution is 5.90. The van der Waals surface area contributed by atoms with Gasteiger partial charge >= 0.3 is 6.09 Å². The van der Waals surface area contributed by atoms with Gasteiger partial charge in [0.25, 0.3) is 5.56 Å². The number of carboxylic acid groups (broad SMARTS) is 1. The van der Waals surface area contributed by atoms with Crippen molar-refractivity contribution < 1.29 is 9.90 Å².